The van der Waals surface area contributed by atoms with E-state index < -0.39 is 0 Å². The van der Waals surface area contributed by atoms with Gasteiger partial charge in [-0.05, 0) is 25.7 Å². The number of hydrogen-bond acceptors (Lipinski definition) is 4. The second kappa shape index (κ2) is 7.75. The van der Waals surface area contributed by atoms with Crippen LogP contribution in [0.3, 0.4) is 0 Å². The first-order valence-corrected chi connectivity index (χ1v) is 8.12. The molecular formula is C15H28N4O2. The van der Waals surface area contributed by atoms with Crippen LogP contribution in [0.4, 0.5) is 0 Å². The Balaban J connectivity index is 1.89. The van der Waals surface area contributed by atoms with Crippen molar-refractivity contribution in [2.45, 2.75) is 32.7 Å². The zero-order valence-corrected chi connectivity index (χ0v) is 13.2. The Labute approximate surface area is 127 Å². The average Bonchev–Trinajstić information content (AvgIpc) is 2.48. The van der Waals surface area contributed by atoms with E-state index in [0.717, 1.165) is 44.9 Å². The molecule has 0 aromatic rings. The van der Waals surface area contributed by atoms with Crippen LogP contribution in [0.2, 0.25) is 0 Å². The third-order valence-corrected chi connectivity index (χ3v) is 4.48. The SMILES string of the molecule is CCNC(=O)C1CNCCN1CC(=O)N1CCC(C)CC1. The van der Waals surface area contributed by atoms with Crippen molar-refractivity contribution in [3.05, 3.63) is 0 Å². The fourth-order valence-corrected chi connectivity index (χ4v) is 3.02. The molecule has 2 amide bonds. The summed E-state index contributed by atoms with van der Waals surface area (Å²) >= 11 is 0. The molecule has 0 aliphatic carbocycles. The van der Waals surface area contributed by atoms with Crippen LogP contribution in [0.25, 0.3) is 0 Å². The number of hydrogen-bond donors (Lipinski definition) is 2. The Morgan fingerprint density at radius 3 is 2.62 bits per heavy atom. The lowest BCUT2D eigenvalue weighted by atomic mass is 9.99. The van der Waals surface area contributed by atoms with Gasteiger partial charge in [0, 0.05) is 39.3 Å². The molecule has 0 saturated carbocycles. The Hall–Kier alpha value is -1.14. The molecule has 21 heavy (non-hydrogen) atoms. The number of piperazine rings is 1. The maximum Gasteiger partial charge on any atom is 0.238 e. The lowest BCUT2D eigenvalue weighted by Gasteiger charge is -2.37. The van der Waals surface area contributed by atoms with Gasteiger partial charge in [0.05, 0.1) is 6.54 Å². The van der Waals surface area contributed by atoms with Crippen molar-refractivity contribution >= 4 is 11.8 Å². The van der Waals surface area contributed by atoms with Crippen molar-refractivity contribution in [3.8, 4) is 0 Å². The highest BCUT2D eigenvalue weighted by Gasteiger charge is 2.31. The van der Waals surface area contributed by atoms with Crippen molar-refractivity contribution in [1.82, 2.24) is 20.4 Å². The highest BCUT2D eigenvalue weighted by molar-refractivity contribution is 5.84. The molecule has 120 valence electrons. The Morgan fingerprint density at radius 1 is 1.24 bits per heavy atom. The Bertz CT molecular complexity index is 367. The molecule has 0 spiro atoms. The number of piperidine rings is 1. The molecule has 2 aliphatic rings. The third-order valence-electron chi connectivity index (χ3n) is 4.48. The molecule has 0 bridgehead atoms. The van der Waals surface area contributed by atoms with E-state index in [-0.39, 0.29) is 17.9 Å². The minimum Gasteiger partial charge on any atom is -0.355 e. The van der Waals surface area contributed by atoms with E-state index >= 15 is 0 Å². The predicted octanol–water partition coefficient (Wildman–Crippen LogP) is -0.345. The van der Waals surface area contributed by atoms with Crippen LogP contribution in [0.15, 0.2) is 0 Å². The lowest BCUT2D eigenvalue weighted by Crippen LogP contribution is -2.60. The molecule has 6 heteroatoms. The molecule has 2 N–H and O–H groups in total. The Kier molecular flexibility index (Phi) is 5.99. The van der Waals surface area contributed by atoms with Crippen molar-refractivity contribution in [1.29, 1.82) is 0 Å². The lowest BCUT2D eigenvalue weighted by molar-refractivity contribution is -0.136. The van der Waals surface area contributed by atoms with Gasteiger partial charge in [0.15, 0.2) is 0 Å². The van der Waals surface area contributed by atoms with Crippen molar-refractivity contribution in [2.75, 3.05) is 45.8 Å². The zero-order valence-electron chi connectivity index (χ0n) is 13.2. The number of rotatable bonds is 4. The molecule has 1 atom stereocenters. The average molecular weight is 296 g/mol. The van der Waals surface area contributed by atoms with Crippen molar-refractivity contribution < 1.29 is 9.59 Å². The maximum atomic E-state index is 12.4. The van der Waals surface area contributed by atoms with Gasteiger partial charge in [-0.2, -0.15) is 0 Å². The zero-order chi connectivity index (χ0) is 15.2. The van der Waals surface area contributed by atoms with Gasteiger partial charge in [0.2, 0.25) is 11.8 Å². The van der Waals surface area contributed by atoms with Gasteiger partial charge in [-0.25, -0.2) is 0 Å². The van der Waals surface area contributed by atoms with Gasteiger partial charge >= 0.3 is 0 Å². The summed E-state index contributed by atoms with van der Waals surface area (Å²) in [6.45, 7) is 9.06. The first kappa shape index (κ1) is 16.2. The van der Waals surface area contributed by atoms with Crippen molar-refractivity contribution in [2.24, 2.45) is 5.92 Å². The number of amides is 2. The molecule has 0 aromatic carbocycles. The van der Waals surface area contributed by atoms with Crippen LogP contribution in [-0.4, -0.2) is 73.5 Å². The van der Waals surface area contributed by atoms with E-state index in [2.05, 4.69) is 17.6 Å². The summed E-state index contributed by atoms with van der Waals surface area (Å²) in [5, 5.41) is 6.09. The van der Waals surface area contributed by atoms with Gasteiger partial charge in [0.1, 0.15) is 6.04 Å². The molecule has 1 unspecified atom stereocenters. The molecule has 2 heterocycles. The number of likely N-dealkylation sites (tertiary alicyclic amines) is 1. The summed E-state index contributed by atoms with van der Waals surface area (Å²) < 4.78 is 0. The summed E-state index contributed by atoms with van der Waals surface area (Å²) in [7, 11) is 0. The molecule has 2 fully saturated rings. The molecule has 2 rings (SSSR count). The monoisotopic (exact) mass is 296 g/mol. The van der Waals surface area contributed by atoms with E-state index in [1.807, 2.05) is 16.7 Å². The van der Waals surface area contributed by atoms with Gasteiger partial charge in [-0.15, -0.1) is 0 Å². The van der Waals surface area contributed by atoms with Gasteiger partial charge < -0.3 is 15.5 Å². The highest BCUT2D eigenvalue weighted by Crippen LogP contribution is 2.16. The van der Waals surface area contributed by atoms with Crippen LogP contribution in [0, 0.1) is 5.92 Å². The highest BCUT2D eigenvalue weighted by atomic mass is 16.2. The van der Waals surface area contributed by atoms with Crippen LogP contribution < -0.4 is 10.6 Å². The number of likely N-dealkylation sites (N-methyl/N-ethyl adjacent to an activating group) is 1. The second-order valence-electron chi connectivity index (χ2n) is 6.15. The maximum absolute atomic E-state index is 12.4. The van der Waals surface area contributed by atoms with Crippen LogP contribution in [-0.2, 0) is 9.59 Å². The van der Waals surface area contributed by atoms with Gasteiger partial charge in [0.25, 0.3) is 0 Å². The normalized spacial score (nSPS) is 24.9. The first-order valence-electron chi connectivity index (χ1n) is 8.12. The minimum atomic E-state index is -0.230. The van der Waals surface area contributed by atoms with Gasteiger partial charge in [-0.3, -0.25) is 14.5 Å². The molecule has 2 saturated heterocycles. The topological polar surface area (TPSA) is 64.7 Å². The fraction of sp³-hybridized carbons (Fsp3) is 0.867. The standard InChI is InChI=1S/C15H28N4O2/c1-3-17-15(21)13-10-16-6-9-19(13)11-14(20)18-7-4-12(2)5-8-18/h12-13,16H,3-11H2,1-2H3,(H,17,21). The number of carbonyl (C=O) groups excluding carboxylic acids is 2. The molecular weight excluding hydrogens is 268 g/mol. The number of nitrogens with one attached hydrogen (secondary N) is 2. The summed E-state index contributed by atoms with van der Waals surface area (Å²) in [5.41, 5.74) is 0. The fourth-order valence-electron chi connectivity index (χ4n) is 3.02. The van der Waals surface area contributed by atoms with Crippen LogP contribution in [0.5, 0.6) is 0 Å². The summed E-state index contributed by atoms with van der Waals surface area (Å²) in [6.07, 6.45) is 2.18. The Morgan fingerprint density at radius 2 is 1.95 bits per heavy atom. The quantitative estimate of drug-likeness (QED) is 0.745. The minimum absolute atomic E-state index is 0.0183. The summed E-state index contributed by atoms with van der Waals surface area (Å²) in [5.74, 6) is 0.902. The van der Waals surface area contributed by atoms with E-state index in [1.54, 1.807) is 0 Å². The van der Waals surface area contributed by atoms with Crippen LogP contribution in [0.1, 0.15) is 26.7 Å². The number of nitrogens with zero attached hydrogens (tertiary/aromatic N) is 2. The van der Waals surface area contributed by atoms with Crippen LogP contribution >= 0.6 is 0 Å². The van der Waals surface area contributed by atoms with E-state index in [1.165, 1.54) is 0 Å². The smallest absolute Gasteiger partial charge is 0.238 e. The van der Waals surface area contributed by atoms with E-state index in [9.17, 15) is 9.59 Å². The van der Waals surface area contributed by atoms with E-state index in [4.69, 9.17) is 0 Å². The molecule has 0 aromatic heterocycles. The van der Waals surface area contributed by atoms with Crippen molar-refractivity contribution in [3.63, 3.8) is 0 Å². The predicted molar refractivity (Wildman–Crippen MR) is 81.9 cm³/mol. The largest absolute Gasteiger partial charge is 0.355 e. The van der Waals surface area contributed by atoms with E-state index in [0.29, 0.717) is 19.6 Å². The molecule has 6 nitrogen and oxygen atoms in total. The molecule has 2 aliphatic heterocycles. The third kappa shape index (κ3) is 4.41. The second-order valence-corrected chi connectivity index (χ2v) is 6.15. The first-order chi connectivity index (χ1) is 10.1. The molecule has 0 radical (unpaired) electrons. The summed E-state index contributed by atoms with van der Waals surface area (Å²) in [4.78, 5) is 28.5. The van der Waals surface area contributed by atoms with Gasteiger partial charge in [-0.1, -0.05) is 6.92 Å². The summed E-state index contributed by atoms with van der Waals surface area (Å²) in [6, 6.07) is -0.230. The number of carbonyl (C=O) groups is 2.